The number of aromatic nitrogens is 2. The Kier molecular flexibility index (Phi) is 3.33. The van der Waals surface area contributed by atoms with E-state index in [1.165, 1.54) is 19.3 Å². The normalized spacial score (nSPS) is 25.8. The quantitative estimate of drug-likeness (QED) is 0.836. The van der Waals surface area contributed by atoms with Crippen molar-refractivity contribution in [3.8, 4) is 0 Å². The first-order valence-electron chi connectivity index (χ1n) is 6.96. The van der Waals surface area contributed by atoms with Gasteiger partial charge in [-0.25, -0.2) is 4.98 Å². The summed E-state index contributed by atoms with van der Waals surface area (Å²) in [5.74, 6) is 0. The number of aliphatic hydroxyl groups is 1. The molecule has 0 aliphatic heterocycles. The summed E-state index contributed by atoms with van der Waals surface area (Å²) in [6.45, 7) is 0. The molecule has 2 unspecified atom stereocenters. The Labute approximate surface area is 107 Å². The maximum absolute atomic E-state index is 10.4. The predicted molar refractivity (Wildman–Crippen MR) is 72.5 cm³/mol. The molecule has 1 aromatic carbocycles. The molecule has 0 bridgehead atoms. The number of benzene rings is 1. The third-order valence-corrected chi connectivity index (χ3v) is 4.03. The van der Waals surface area contributed by atoms with Gasteiger partial charge in [0.05, 0.1) is 29.5 Å². The van der Waals surface area contributed by atoms with Crippen LogP contribution in [0.4, 0.5) is 0 Å². The van der Waals surface area contributed by atoms with Crippen molar-refractivity contribution in [2.24, 2.45) is 0 Å². The molecule has 3 rings (SSSR count). The molecule has 1 N–H and O–H groups in total. The molecule has 1 saturated carbocycles. The number of imidazole rings is 1. The van der Waals surface area contributed by atoms with Crippen molar-refractivity contribution in [1.29, 1.82) is 0 Å². The number of para-hydroxylation sites is 2. The Morgan fingerprint density at radius 2 is 1.83 bits per heavy atom. The van der Waals surface area contributed by atoms with Gasteiger partial charge in [0.2, 0.25) is 0 Å². The Hall–Kier alpha value is -1.35. The Bertz CT molecular complexity index is 520. The van der Waals surface area contributed by atoms with Crippen LogP contribution in [0.3, 0.4) is 0 Å². The van der Waals surface area contributed by atoms with Crippen LogP contribution in [-0.4, -0.2) is 20.8 Å². The van der Waals surface area contributed by atoms with Crippen molar-refractivity contribution >= 4 is 11.0 Å². The van der Waals surface area contributed by atoms with Crippen molar-refractivity contribution in [1.82, 2.24) is 9.55 Å². The highest BCUT2D eigenvalue weighted by Gasteiger charge is 2.23. The number of fused-ring (bicyclic) bond motifs is 1. The molecule has 0 amide bonds. The van der Waals surface area contributed by atoms with E-state index in [1.807, 2.05) is 24.5 Å². The van der Waals surface area contributed by atoms with Crippen molar-refractivity contribution < 1.29 is 5.11 Å². The lowest BCUT2D eigenvalue weighted by Crippen LogP contribution is -2.25. The summed E-state index contributed by atoms with van der Waals surface area (Å²) in [4.78, 5) is 4.43. The van der Waals surface area contributed by atoms with Gasteiger partial charge in [-0.3, -0.25) is 0 Å². The minimum atomic E-state index is -0.233. The number of nitrogens with zero attached hydrogens (tertiary/aromatic N) is 2. The van der Waals surface area contributed by atoms with E-state index in [2.05, 4.69) is 15.6 Å². The summed E-state index contributed by atoms with van der Waals surface area (Å²) in [6.07, 6.45) is 8.52. The number of aliphatic hydroxyl groups excluding tert-OH is 1. The molecule has 3 nitrogen and oxygen atoms in total. The smallest absolute Gasteiger partial charge is 0.0961 e. The van der Waals surface area contributed by atoms with Gasteiger partial charge >= 0.3 is 0 Å². The van der Waals surface area contributed by atoms with Gasteiger partial charge in [0.15, 0.2) is 0 Å². The molecule has 1 aliphatic carbocycles. The van der Waals surface area contributed by atoms with Crippen LogP contribution in [0.15, 0.2) is 30.6 Å². The molecule has 2 atom stereocenters. The highest BCUT2D eigenvalue weighted by molar-refractivity contribution is 5.75. The lowest BCUT2D eigenvalue weighted by atomic mass is 9.94. The first-order valence-corrected chi connectivity index (χ1v) is 6.96. The van der Waals surface area contributed by atoms with E-state index in [9.17, 15) is 5.11 Å². The molecule has 1 aliphatic rings. The molecule has 0 radical (unpaired) electrons. The van der Waals surface area contributed by atoms with E-state index in [1.54, 1.807) is 0 Å². The number of hydrogen-bond donors (Lipinski definition) is 1. The monoisotopic (exact) mass is 244 g/mol. The first-order chi connectivity index (χ1) is 8.86. The number of hydrogen-bond acceptors (Lipinski definition) is 2. The van der Waals surface area contributed by atoms with Gasteiger partial charge < -0.3 is 9.67 Å². The Morgan fingerprint density at radius 1 is 1.06 bits per heavy atom. The summed E-state index contributed by atoms with van der Waals surface area (Å²) in [5.41, 5.74) is 2.16. The van der Waals surface area contributed by atoms with Crippen LogP contribution < -0.4 is 0 Å². The second kappa shape index (κ2) is 5.11. The van der Waals surface area contributed by atoms with Gasteiger partial charge in [0, 0.05) is 0 Å². The average molecular weight is 244 g/mol. The summed E-state index contributed by atoms with van der Waals surface area (Å²) >= 11 is 0. The summed E-state index contributed by atoms with van der Waals surface area (Å²) in [5, 5.41) is 10.4. The molecule has 1 aromatic heterocycles. The van der Waals surface area contributed by atoms with Gasteiger partial charge in [0.25, 0.3) is 0 Å². The fourth-order valence-corrected chi connectivity index (χ4v) is 3.01. The van der Waals surface area contributed by atoms with Crippen LogP contribution in [0.2, 0.25) is 0 Å². The molecule has 3 heteroatoms. The van der Waals surface area contributed by atoms with Crippen LogP contribution in [0.25, 0.3) is 11.0 Å². The fourth-order valence-electron chi connectivity index (χ4n) is 3.01. The van der Waals surface area contributed by atoms with E-state index in [-0.39, 0.29) is 12.1 Å². The summed E-state index contributed by atoms with van der Waals surface area (Å²) in [6, 6.07) is 8.36. The van der Waals surface area contributed by atoms with Crippen molar-refractivity contribution in [3.63, 3.8) is 0 Å². The van der Waals surface area contributed by atoms with E-state index in [4.69, 9.17) is 0 Å². The van der Waals surface area contributed by atoms with E-state index in [0.717, 1.165) is 30.3 Å². The zero-order valence-corrected chi connectivity index (χ0v) is 10.6. The molecule has 1 fully saturated rings. The van der Waals surface area contributed by atoms with E-state index >= 15 is 0 Å². The van der Waals surface area contributed by atoms with Gasteiger partial charge in [-0.05, 0) is 25.0 Å². The Morgan fingerprint density at radius 3 is 2.72 bits per heavy atom. The molecule has 2 aromatic rings. The fraction of sp³-hybridized carbons (Fsp3) is 0.533. The molecule has 96 valence electrons. The molecule has 0 saturated heterocycles. The van der Waals surface area contributed by atoms with Crippen LogP contribution in [0.1, 0.15) is 44.6 Å². The van der Waals surface area contributed by atoms with Crippen molar-refractivity contribution in [2.45, 2.75) is 50.7 Å². The standard InChI is InChI=1S/C15H20N2O/c18-15-10-4-2-1-3-9-14(15)17-11-16-12-7-5-6-8-13(12)17/h5-8,11,14-15,18H,1-4,9-10H2. The molecule has 1 heterocycles. The largest absolute Gasteiger partial charge is 0.391 e. The minimum absolute atomic E-state index is 0.192. The SMILES string of the molecule is OC1CCCCCCC1n1cnc2ccccc21. The van der Waals surface area contributed by atoms with Crippen LogP contribution in [0, 0.1) is 0 Å². The molecular weight excluding hydrogens is 224 g/mol. The highest BCUT2D eigenvalue weighted by Crippen LogP contribution is 2.29. The number of rotatable bonds is 1. The minimum Gasteiger partial charge on any atom is -0.391 e. The first kappa shape index (κ1) is 11.7. The maximum Gasteiger partial charge on any atom is 0.0961 e. The van der Waals surface area contributed by atoms with Crippen molar-refractivity contribution in [3.05, 3.63) is 30.6 Å². The van der Waals surface area contributed by atoms with Gasteiger partial charge in [0.1, 0.15) is 0 Å². The third-order valence-electron chi connectivity index (χ3n) is 4.03. The Balaban J connectivity index is 1.95. The van der Waals surface area contributed by atoms with Gasteiger partial charge in [-0.15, -0.1) is 0 Å². The third kappa shape index (κ3) is 2.15. The zero-order valence-electron chi connectivity index (χ0n) is 10.6. The van der Waals surface area contributed by atoms with E-state index in [0.29, 0.717) is 0 Å². The molecular formula is C15H20N2O. The van der Waals surface area contributed by atoms with Crippen LogP contribution in [-0.2, 0) is 0 Å². The lowest BCUT2D eigenvalue weighted by molar-refractivity contribution is 0.0905. The van der Waals surface area contributed by atoms with Crippen LogP contribution in [0.5, 0.6) is 0 Å². The second-order valence-corrected chi connectivity index (χ2v) is 5.27. The summed E-state index contributed by atoms with van der Waals surface area (Å²) in [7, 11) is 0. The van der Waals surface area contributed by atoms with Gasteiger partial charge in [-0.2, -0.15) is 0 Å². The van der Waals surface area contributed by atoms with Crippen LogP contribution >= 0.6 is 0 Å². The topological polar surface area (TPSA) is 38.0 Å². The average Bonchev–Trinajstić information content (AvgIpc) is 2.78. The van der Waals surface area contributed by atoms with Crippen molar-refractivity contribution in [2.75, 3.05) is 0 Å². The lowest BCUT2D eigenvalue weighted by Gasteiger charge is -2.27. The van der Waals surface area contributed by atoms with Gasteiger partial charge in [-0.1, -0.05) is 37.8 Å². The predicted octanol–water partition coefficient (Wildman–Crippen LogP) is 3.29. The molecule has 0 spiro atoms. The van der Waals surface area contributed by atoms with E-state index < -0.39 is 0 Å². The zero-order chi connectivity index (χ0) is 12.4. The highest BCUT2D eigenvalue weighted by atomic mass is 16.3. The maximum atomic E-state index is 10.4. The summed E-state index contributed by atoms with van der Waals surface area (Å²) < 4.78 is 2.17. The molecule has 18 heavy (non-hydrogen) atoms. The second-order valence-electron chi connectivity index (χ2n) is 5.27.